The van der Waals surface area contributed by atoms with Crippen molar-refractivity contribution in [3.8, 4) is 0 Å². The summed E-state index contributed by atoms with van der Waals surface area (Å²) in [5.41, 5.74) is 2.61. The van der Waals surface area contributed by atoms with E-state index in [2.05, 4.69) is 4.85 Å². The Morgan fingerprint density at radius 3 is 2.69 bits per heavy atom. The van der Waals surface area contributed by atoms with Gasteiger partial charge in [-0.3, -0.25) is 4.79 Å². The summed E-state index contributed by atoms with van der Waals surface area (Å²) in [4.78, 5) is 14.7. The molecule has 0 aromatic heterocycles. The highest BCUT2D eigenvalue weighted by atomic mass is 16.5. The van der Waals surface area contributed by atoms with Gasteiger partial charge in [-0.05, 0) is 18.9 Å². The van der Waals surface area contributed by atoms with E-state index in [4.69, 9.17) is 11.3 Å². The third-order valence-corrected chi connectivity index (χ3v) is 2.34. The van der Waals surface area contributed by atoms with Gasteiger partial charge in [0.1, 0.15) is 0 Å². The highest BCUT2D eigenvalue weighted by Gasteiger charge is 2.08. The second-order valence-corrected chi connectivity index (χ2v) is 3.40. The van der Waals surface area contributed by atoms with Gasteiger partial charge in [0.25, 0.3) is 0 Å². The first-order chi connectivity index (χ1) is 7.71. The molecule has 0 aliphatic rings. The van der Waals surface area contributed by atoms with E-state index in [9.17, 15) is 4.79 Å². The summed E-state index contributed by atoms with van der Waals surface area (Å²) < 4.78 is 4.90. The number of ether oxygens (including phenoxy) is 1. The molecule has 1 rings (SSSR count). The fraction of sp³-hybridized carbons (Fsp3) is 0.385. The van der Waals surface area contributed by atoms with Gasteiger partial charge in [-0.15, -0.1) is 0 Å². The van der Waals surface area contributed by atoms with Gasteiger partial charge in [0.05, 0.1) is 19.6 Å². The molecule has 84 valence electrons. The molecular formula is C13H15NO2. The zero-order chi connectivity index (χ0) is 12.0. The third-order valence-electron chi connectivity index (χ3n) is 2.34. The van der Waals surface area contributed by atoms with Crippen LogP contribution in [0.15, 0.2) is 18.2 Å². The Bertz CT molecular complexity index is 418. The molecule has 0 spiro atoms. The lowest BCUT2D eigenvalue weighted by atomic mass is 10.0. The molecule has 0 aliphatic carbocycles. The van der Waals surface area contributed by atoms with Gasteiger partial charge in [0.15, 0.2) is 5.69 Å². The van der Waals surface area contributed by atoms with E-state index in [1.54, 1.807) is 13.0 Å². The Morgan fingerprint density at radius 1 is 1.38 bits per heavy atom. The second-order valence-electron chi connectivity index (χ2n) is 3.40. The number of carbonyl (C=O) groups excluding carboxylic acids is 1. The largest absolute Gasteiger partial charge is 0.466 e. The fourth-order valence-corrected chi connectivity index (χ4v) is 1.55. The van der Waals surface area contributed by atoms with Crippen LogP contribution in [0.5, 0.6) is 0 Å². The maximum atomic E-state index is 11.4. The van der Waals surface area contributed by atoms with E-state index >= 15 is 0 Å². The van der Waals surface area contributed by atoms with E-state index in [0.29, 0.717) is 12.3 Å². The molecule has 0 aliphatic heterocycles. The number of hydrogen-bond acceptors (Lipinski definition) is 2. The van der Waals surface area contributed by atoms with Crippen molar-refractivity contribution in [1.82, 2.24) is 0 Å². The third kappa shape index (κ3) is 3.09. The highest BCUT2D eigenvalue weighted by molar-refractivity contribution is 5.73. The Labute approximate surface area is 95.9 Å². The standard InChI is InChI=1S/C13H15NO2/c1-4-10-8-12(14-3)7-6-11(10)9-13(15)16-5-2/h6-8H,4-5,9H2,1-2H3. The summed E-state index contributed by atoms with van der Waals surface area (Å²) >= 11 is 0. The Balaban J connectivity index is 2.88. The van der Waals surface area contributed by atoms with Gasteiger partial charge in [-0.25, -0.2) is 4.85 Å². The number of nitrogens with zero attached hydrogens (tertiary/aromatic N) is 1. The number of carbonyl (C=O) groups is 1. The maximum Gasteiger partial charge on any atom is 0.310 e. The van der Waals surface area contributed by atoms with Crippen LogP contribution in [-0.2, 0) is 22.4 Å². The van der Waals surface area contributed by atoms with Crippen LogP contribution in [0.1, 0.15) is 25.0 Å². The lowest BCUT2D eigenvalue weighted by Gasteiger charge is -2.07. The van der Waals surface area contributed by atoms with Crippen LogP contribution >= 0.6 is 0 Å². The molecule has 0 radical (unpaired) electrons. The van der Waals surface area contributed by atoms with Crippen LogP contribution < -0.4 is 0 Å². The lowest BCUT2D eigenvalue weighted by Crippen LogP contribution is -2.09. The predicted molar refractivity (Wildman–Crippen MR) is 62.4 cm³/mol. The molecule has 0 saturated carbocycles. The Hall–Kier alpha value is -1.82. The molecular weight excluding hydrogens is 202 g/mol. The lowest BCUT2D eigenvalue weighted by molar-refractivity contribution is -0.142. The van der Waals surface area contributed by atoms with Crippen LogP contribution in [0.25, 0.3) is 4.85 Å². The Morgan fingerprint density at radius 2 is 2.12 bits per heavy atom. The molecule has 0 unspecified atom stereocenters. The van der Waals surface area contributed by atoms with Crippen molar-refractivity contribution in [3.63, 3.8) is 0 Å². The van der Waals surface area contributed by atoms with Gasteiger partial charge in [0, 0.05) is 0 Å². The quantitative estimate of drug-likeness (QED) is 0.573. The molecule has 1 aromatic carbocycles. The van der Waals surface area contributed by atoms with Crippen LogP contribution in [0.2, 0.25) is 0 Å². The maximum absolute atomic E-state index is 11.4. The van der Waals surface area contributed by atoms with Crippen molar-refractivity contribution in [2.24, 2.45) is 0 Å². The van der Waals surface area contributed by atoms with Gasteiger partial charge < -0.3 is 4.74 Å². The van der Waals surface area contributed by atoms with Crippen molar-refractivity contribution < 1.29 is 9.53 Å². The molecule has 0 bridgehead atoms. The highest BCUT2D eigenvalue weighted by Crippen LogP contribution is 2.19. The van der Waals surface area contributed by atoms with Crippen molar-refractivity contribution in [1.29, 1.82) is 0 Å². The minimum absolute atomic E-state index is 0.215. The number of benzene rings is 1. The summed E-state index contributed by atoms with van der Waals surface area (Å²) in [6.45, 7) is 11.1. The molecule has 3 heteroatoms. The van der Waals surface area contributed by atoms with Gasteiger partial charge in [0.2, 0.25) is 0 Å². The topological polar surface area (TPSA) is 30.7 Å². The number of rotatable bonds is 4. The first-order valence-corrected chi connectivity index (χ1v) is 5.36. The molecule has 3 nitrogen and oxygen atoms in total. The average molecular weight is 217 g/mol. The van der Waals surface area contributed by atoms with Crippen LogP contribution in [0, 0.1) is 6.57 Å². The zero-order valence-electron chi connectivity index (χ0n) is 9.62. The van der Waals surface area contributed by atoms with Crippen molar-refractivity contribution in [2.75, 3.05) is 6.61 Å². The molecule has 0 N–H and O–H groups in total. The normalized spacial score (nSPS) is 9.56. The molecule has 0 fully saturated rings. The molecule has 16 heavy (non-hydrogen) atoms. The number of esters is 1. The van der Waals surface area contributed by atoms with Gasteiger partial charge in [-0.2, -0.15) is 0 Å². The van der Waals surface area contributed by atoms with Crippen molar-refractivity contribution in [2.45, 2.75) is 26.7 Å². The zero-order valence-corrected chi connectivity index (χ0v) is 9.62. The second kappa shape index (κ2) is 5.92. The number of hydrogen-bond donors (Lipinski definition) is 0. The van der Waals surface area contributed by atoms with Crippen molar-refractivity contribution in [3.05, 3.63) is 40.7 Å². The summed E-state index contributed by atoms with van der Waals surface area (Å²) in [5, 5.41) is 0. The summed E-state index contributed by atoms with van der Waals surface area (Å²) in [6, 6.07) is 5.41. The minimum atomic E-state index is -0.215. The predicted octanol–water partition coefficient (Wildman–Crippen LogP) is 2.91. The van der Waals surface area contributed by atoms with Crippen molar-refractivity contribution >= 4 is 11.7 Å². The van der Waals surface area contributed by atoms with Gasteiger partial charge in [-0.1, -0.05) is 30.7 Å². The van der Waals surface area contributed by atoms with E-state index in [1.165, 1.54) is 0 Å². The summed E-state index contributed by atoms with van der Waals surface area (Å²) in [7, 11) is 0. The monoisotopic (exact) mass is 217 g/mol. The first-order valence-electron chi connectivity index (χ1n) is 5.36. The summed E-state index contributed by atoms with van der Waals surface area (Å²) in [6.07, 6.45) is 1.10. The SMILES string of the molecule is [C-]#[N+]c1ccc(CC(=O)OCC)c(CC)c1. The first kappa shape index (κ1) is 12.3. The van der Waals surface area contributed by atoms with Crippen LogP contribution in [0.3, 0.4) is 0 Å². The van der Waals surface area contributed by atoms with E-state index in [0.717, 1.165) is 17.5 Å². The van der Waals surface area contributed by atoms with E-state index in [1.807, 2.05) is 19.1 Å². The van der Waals surface area contributed by atoms with Gasteiger partial charge >= 0.3 is 5.97 Å². The fourth-order valence-electron chi connectivity index (χ4n) is 1.55. The minimum Gasteiger partial charge on any atom is -0.466 e. The number of aryl methyl sites for hydroxylation is 1. The van der Waals surface area contributed by atoms with Crippen LogP contribution in [-0.4, -0.2) is 12.6 Å². The van der Waals surface area contributed by atoms with E-state index in [-0.39, 0.29) is 12.4 Å². The van der Waals surface area contributed by atoms with E-state index < -0.39 is 0 Å². The molecule has 0 saturated heterocycles. The smallest absolute Gasteiger partial charge is 0.310 e. The summed E-state index contributed by atoms with van der Waals surface area (Å²) in [5.74, 6) is -0.215. The molecule has 1 aromatic rings. The average Bonchev–Trinajstić information content (AvgIpc) is 2.30. The Kier molecular flexibility index (Phi) is 4.53. The molecule has 0 heterocycles. The van der Waals surface area contributed by atoms with Crippen LogP contribution in [0.4, 0.5) is 5.69 Å². The molecule has 0 amide bonds. The molecule has 0 atom stereocenters.